The van der Waals surface area contributed by atoms with Gasteiger partial charge >= 0.3 is 0 Å². The predicted molar refractivity (Wildman–Crippen MR) is 130 cm³/mol. The van der Waals surface area contributed by atoms with E-state index in [1.165, 1.54) is 10.4 Å². The van der Waals surface area contributed by atoms with E-state index >= 15 is 0 Å². The number of rotatable bonds is 5. The molecule has 3 aliphatic heterocycles. The maximum atomic E-state index is 7.14. The largest absolute Gasteiger partial charge is 0.405 e. The third-order valence-corrected chi connectivity index (χ3v) is 12.0. The second-order valence-corrected chi connectivity index (χ2v) is 14.9. The first-order valence-electron chi connectivity index (χ1n) is 11.8. The topological polar surface area (TPSA) is 46.2 Å². The summed E-state index contributed by atoms with van der Waals surface area (Å²) in [6, 6.07) is 21.3. The molecule has 2 aromatic carbocycles. The van der Waals surface area contributed by atoms with Crippen molar-refractivity contribution >= 4 is 18.7 Å². The van der Waals surface area contributed by atoms with E-state index in [-0.39, 0.29) is 17.2 Å². The molecule has 2 saturated heterocycles. The zero-order valence-corrected chi connectivity index (χ0v) is 21.1. The van der Waals surface area contributed by atoms with E-state index in [0.29, 0.717) is 13.2 Å². The molecular formula is C27H34O5Si. The molecule has 1 spiro atoms. The Bertz CT molecular complexity index is 961. The lowest BCUT2D eigenvalue weighted by atomic mass is 9.93. The lowest BCUT2D eigenvalue weighted by Gasteiger charge is -2.44. The van der Waals surface area contributed by atoms with Gasteiger partial charge in [0.05, 0.1) is 13.2 Å². The fourth-order valence-corrected chi connectivity index (χ4v) is 10.1. The first-order chi connectivity index (χ1) is 15.7. The molecule has 3 heterocycles. The Hall–Kier alpha value is -1.80. The zero-order chi connectivity index (χ0) is 23.3. The quantitative estimate of drug-likeness (QED) is 0.496. The summed E-state index contributed by atoms with van der Waals surface area (Å²) in [7, 11) is -2.69. The molecule has 0 unspecified atom stereocenters. The second kappa shape index (κ2) is 8.15. The van der Waals surface area contributed by atoms with Crippen LogP contribution in [-0.2, 0) is 23.4 Å². The van der Waals surface area contributed by atoms with Gasteiger partial charge in [-0.15, -0.1) is 0 Å². The van der Waals surface area contributed by atoms with Crippen LogP contribution in [-0.4, -0.2) is 51.4 Å². The highest BCUT2D eigenvalue weighted by Gasteiger charge is 2.65. The average molecular weight is 467 g/mol. The van der Waals surface area contributed by atoms with Crippen molar-refractivity contribution in [3.05, 3.63) is 72.8 Å². The SMILES string of the molecule is CC1(C)O[C@@H]2O[C@@H](CO[Si](c3ccccc3)(c3ccccc3)C(C)(C)C)[C@@]3(C=CCO3)[C@@H]2O1. The molecule has 0 bridgehead atoms. The maximum Gasteiger partial charge on any atom is 0.261 e. The van der Waals surface area contributed by atoms with Gasteiger partial charge in [0.2, 0.25) is 0 Å². The zero-order valence-electron chi connectivity index (χ0n) is 20.1. The molecule has 6 heteroatoms. The van der Waals surface area contributed by atoms with Gasteiger partial charge in [-0.05, 0) is 35.3 Å². The molecule has 0 amide bonds. The highest BCUT2D eigenvalue weighted by molar-refractivity contribution is 6.99. The Balaban J connectivity index is 1.52. The minimum absolute atomic E-state index is 0.112. The molecule has 0 radical (unpaired) electrons. The summed E-state index contributed by atoms with van der Waals surface area (Å²) in [5.74, 6) is -0.702. The number of ether oxygens (including phenoxy) is 4. The van der Waals surface area contributed by atoms with Crippen molar-refractivity contribution in [3.8, 4) is 0 Å². The number of benzene rings is 2. The summed E-state index contributed by atoms with van der Waals surface area (Å²) < 4.78 is 32.1. The van der Waals surface area contributed by atoms with E-state index in [2.05, 4.69) is 87.5 Å². The molecule has 5 rings (SSSR count). The standard InChI is InChI=1S/C27H34O5Si/c1-25(2,3)33(20-13-8-6-9-14-20,21-15-10-7-11-16-21)29-19-22-27(17-12-18-28-27)23-24(30-22)32-26(4,5)31-23/h6-17,22-24H,18-19H2,1-5H3/t22-,23+,24-,27-/m0/s1. The molecule has 33 heavy (non-hydrogen) atoms. The van der Waals surface area contributed by atoms with Gasteiger partial charge in [0.15, 0.2) is 12.1 Å². The highest BCUT2D eigenvalue weighted by Crippen LogP contribution is 2.48. The molecule has 5 nitrogen and oxygen atoms in total. The van der Waals surface area contributed by atoms with Crippen LogP contribution in [0, 0.1) is 0 Å². The van der Waals surface area contributed by atoms with Gasteiger partial charge in [-0.2, -0.15) is 0 Å². The first kappa shape index (κ1) is 23.0. The van der Waals surface area contributed by atoms with Crippen molar-refractivity contribution in [3.63, 3.8) is 0 Å². The van der Waals surface area contributed by atoms with Crippen LogP contribution in [0.4, 0.5) is 0 Å². The fourth-order valence-electron chi connectivity index (χ4n) is 5.57. The van der Waals surface area contributed by atoms with E-state index in [9.17, 15) is 0 Å². The van der Waals surface area contributed by atoms with E-state index in [1.54, 1.807) is 0 Å². The van der Waals surface area contributed by atoms with Crippen LogP contribution in [0.1, 0.15) is 34.6 Å². The van der Waals surface area contributed by atoms with Crippen molar-refractivity contribution in [1.29, 1.82) is 0 Å². The van der Waals surface area contributed by atoms with Crippen LogP contribution in [0.25, 0.3) is 0 Å². The molecule has 0 aromatic heterocycles. The van der Waals surface area contributed by atoms with Crippen molar-refractivity contribution in [2.45, 2.75) is 69.5 Å². The Morgan fingerprint density at radius 1 is 0.939 bits per heavy atom. The molecule has 0 saturated carbocycles. The maximum absolute atomic E-state index is 7.14. The van der Waals surface area contributed by atoms with Gasteiger partial charge in [0, 0.05) is 0 Å². The van der Waals surface area contributed by atoms with Crippen molar-refractivity contribution in [1.82, 2.24) is 0 Å². The number of hydrogen-bond acceptors (Lipinski definition) is 5. The predicted octanol–water partition coefficient (Wildman–Crippen LogP) is 3.76. The summed E-state index contributed by atoms with van der Waals surface area (Å²) in [5, 5.41) is 2.37. The van der Waals surface area contributed by atoms with E-state index in [0.717, 1.165) is 0 Å². The number of fused-ring (bicyclic) bond motifs is 2. The lowest BCUT2D eigenvalue weighted by molar-refractivity contribution is -0.229. The third kappa shape index (κ3) is 3.73. The van der Waals surface area contributed by atoms with Gasteiger partial charge in [-0.1, -0.05) is 87.5 Å². The fraction of sp³-hybridized carbons (Fsp3) is 0.481. The van der Waals surface area contributed by atoms with Gasteiger partial charge in [-0.3, -0.25) is 0 Å². The summed E-state index contributed by atoms with van der Waals surface area (Å²) in [6.45, 7) is 11.6. The Morgan fingerprint density at radius 3 is 2.06 bits per heavy atom. The Morgan fingerprint density at radius 2 is 1.55 bits per heavy atom. The van der Waals surface area contributed by atoms with E-state index in [4.69, 9.17) is 23.4 Å². The summed E-state index contributed by atoms with van der Waals surface area (Å²) >= 11 is 0. The normalized spacial score (nSPS) is 30.8. The summed E-state index contributed by atoms with van der Waals surface area (Å²) in [5.41, 5.74) is -0.705. The van der Waals surface area contributed by atoms with Gasteiger partial charge in [0.1, 0.15) is 17.8 Å². The molecule has 3 aliphatic rings. The van der Waals surface area contributed by atoms with Gasteiger partial charge in [0.25, 0.3) is 8.32 Å². The third-order valence-electron chi connectivity index (χ3n) is 6.98. The Labute approximate surface area is 197 Å². The van der Waals surface area contributed by atoms with E-state index in [1.807, 2.05) is 19.9 Å². The lowest BCUT2D eigenvalue weighted by Crippen LogP contribution is -2.67. The van der Waals surface area contributed by atoms with Gasteiger partial charge < -0.3 is 23.4 Å². The summed E-state index contributed by atoms with van der Waals surface area (Å²) in [6.07, 6.45) is 3.00. The van der Waals surface area contributed by atoms with Crippen molar-refractivity contribution in [2.24, 2.45) is 0 Å². The molecule has 4 atom stereocenters. The van der Waals surface area contributed by atoms with Crippen molar-refractivity contribution < 1.29 is 23.4 Å². The van der Waals surface area contributed by atoms with E-state index < -0.39 is 26.0 Å². The molecule has 0 N–H and O–H groups in total. The minimum Gasteiger partial charge on any atom is -0.405 e. The van der Waals surface area contributed by atoms with Gasteiger partial charge in [-0.25, -0.2) is 0 Å². The average Bonchev–Trinajstić information content (AvgIpc) is 3.45. The first-order valence-corrected chi connectivity index (χ1v) is 13.7. The molecule has 176 valence electrons. The van der Waals surface area contributed by atoms with Crippen LogP contribution in [0.5, 0.6) is 0 Å². The smallest absolute Gasteiger partial charge is 0.261 e. The Kier molecular flexibility index (Phi) is 5.67. The minimum atomic E-state index is -2.69. The van der Waals surface area contributed by atoms with Crippen LogP contribution < -0.4 is 10.4 Å². The van der Waals surface area contributed by atoms with Crippen LogP contribution >= 0.6 is 0 Å². The monoisotopic (exact) mass is 466 g/mol. The van der Waals surface area contributed by atoms with Crippen molar-refractivity contribution in [2.75, 3.05) is 13.2 Å². The highest BCUT2D eigenvalue weighted by atomic mass is 28.4. The van der Waals surface area contributed by atoms with Crippen LogP contribution in [0.2, 0.25) is 5.04 Å². The van der Waals surface area contributed by atoms with Crippen LogP contribution in [0.15, 0.2) is 72.8 Å². The molecular weight excluding hydrogens is 432 g/mol. The van der Waals surface area contributed by atoms with Crippen LogP contribution in [0.3, 0.4) is 0 Å². The second-order valence-electron chi connectivity index (χ2n) is 10.6. The molecule has 2 aromatic rings. The molecule has 0 aliphatic carbocycles. The number of hydrogen-bond donors (Lipinski definition) is 0. The molecule has 2 fully saturated rings. The summed E-state index contributed by atoms with van der Waals surface area (Å²) in [4.78, 5) is 0.